The van der Waals surface area contributed by atoms with Gasteiger partial charge in [0.05, 0.1) is 11.6 Å². The Hall–Kier alpha value is -3.36. The molecule has 0 amide bonds. The number of hydrogen-bond acceptors (Lipinski definition) is 7. The van der Waals surface area contributed by atoms with Crippen molar-refractivity contribution >= 4 is 29.5 Å². The van der Waals surface area contributed by atoms with Crippen molar-refractivity contribution in [3.8, 4) is 0 Å². The van der Waals surface area contributed by atoms with Gasteiger partial charge in [0.15, 0.2) is 5.82 Å². The summed E-state index contributed by atoms with van der Waals surface area (Å²) in [7, 11) is 0. The molecule has 9 nitrogen and oxygen atoms in total. The number of benzene rings is 1. The first kappa shape index (κ1) is 23.3. The maximum Gasteiger partial charge on any atom is 0.420 e. The summed E-state index contributed by atoms with van der Waals surface area (Å²) in [5, 5.41) is 10.0. The van der Waals surface area contributed by atoms with Crippen molar-refractivity contribution in [2.24, 2.45) is 5.92 Å². The van der Waals surface area contributed by atoms with Crippen LogP contribution in [-0.4, -0.2) is 49.9 Å². The van der Waals surface area contributed by atoms with Crippen LogP contribution < -0.4 is 4.90 Å². The fourth-order valence-electron chi connectivity index (χ4n) is 3.58. The second kappa shape index (κ2) is 8.29. The van der Waals surface area contributed by atoms with Gasteiger partial charge in [-0.2, -0.15) is 0 Å². The van der Waals surface area contributed by atoms with Crippen LogP contribution in [0.2, 0.25) is 0 Å². The van der Waals surface area contributed by atoms with Crippen LogP contribution in [0.3, 0.4) is 0 Å². The lowest BCUT2D eigenvalue weighted by Gasteiger charge is -2.39. The van der Waals surface area contributed by atoms with E-state index in [2.05, 4.69) is 4.98 Å². The lowest BCUT2D eigenvalue weighted by molar-refractivity contribution is -0.162. The van der Waals surface area contributed by atoms with Crippen LogP contribution in [0.25, 0.3) is 0 Å². The molecule has 172 valence electrons. The van der Waals surface area contributed by atoms with E-state index in [1.165, 1.54) is 15.8 Å². The Balaban J connectivity index is 2.16. The number of carbonyl (C=O) groups is 3. The van der Waals surface area contributed by atoms with E-state index >= 15 is 0 Å². The number of aromatic nitrogens is 2. The zero-order valence-corrected chi connectivity index (χ0v) is 19.2. The minimum absolute atomic E-state index is 0.0862. The fourth-order valence-corrected chi connectivity index (χ4v) is 3.58. The number of carboxylic acids is 1. The fraction of sp³-hybridized carbons (Fsp3) is 0.478. The van der Waals surface area contributed by atoms with E-state index in [-0.39, 0.29) is 6.42 Å². The topological polar surface area (TPSA) is 111 Å². The minimum atomic E-state index is -1.18. The SMILES string of the molecule is CC(C)(C)OC(=O)C1[C@@H](C(=O)O)Cc2c(ncn2C(=O)OC(C)(C)C)N1c1ccccc1. The summed E-state index contributed by atoms with van der Waals surface area (Å²) < 4.78 is 12.2. The maximum absolute atomic E-state index is 13.2. The molecule has 1 aliphatic heterocycles. The molecule has 1 aliphatic rings. The van der Waals surface area contributed by atoms with Crippen LogP contribution in [0.1, 0.15) is 47.2 Å². The average molecular weight is 444 g/mol. The Morgan fingerprint density at radius 2 is 1.59 bits per heavy atom. The van der Waals surface area contributed by atoms with E-state index in [9.17, 15) is 19.5 Å². The second-order valence-electron chi connectivity index (χ2n) is 9.70. The molecule has 0 radical (unpaired) electrons. The van der Waals surface area contributed by atoms with E-state index in [1.54, 1.807) is 65.8 Å². The number of imidazole rings is 1. The number of carboxylic acid groups (broad SMARTS) is 1. The van der Waals surface area contributed by atoms with E-state index in [0.29, 0.717) is 17.2 Å². The Labute approximate surface area is 186 Å². The summed E-state index contributed by atoms with van der Waals surface area (Å²) in [5.41, 5.74) is -0.633. The number of para-hydroxylation sites is 1. The molecule has 0 saturated heterocycles. The van der Waals surface area contributed by atoms with Crippen molar-refractivity contribution in [2.75, 3.05) is 4.90 Å². The molecular formula is C23H29N3O6. The minimum Gasteiger partial charge on any atom is -0.481 e. The summed E-state index contributed by atoms with van der Waals surface area (Å²) in [6.07, 6.45) is 0.543. The van der Waals surface area contributed by atoms with Gasteiger partial charge in [-0.1, -0.05) is 18.2 Å². The highest BCUT2D eigenvalue weighted by Crippen LogP contribution is 2.39. The van der Waals surface area contributed by atoms with Crippen LogP contribution in [0.5, 0.6) is 0 Å². The largest absolute Gasteiger partial charge is 0.481 e. The molecule has 0 fully saturated rings. The summed E-state index contributed by atoms with van der Waals surface area (Å²) in [4.78, 5) is 44.1. The molecular weight excluding hydrogens is 414 g/mol. The van der Waals surface area contributed by atoms with Gasteiger partial charge < -0.3 is 19.5 Å². The van der Waals surface area contributed by atoms with Gasteiger partial charge in [-0.3, -0.25) is 4.79 Å². The van der Waals surface area contributed by atoms with Crippen molar-refractivity contribution in [2.45, 2.75) is 65.2 Å². The molecule has 2 aromatic rings. The standard InChI is InChI=1S/C23H29N3O6/c1-22(2,3)31-20(29)17-15(19(27)28)12-16-18(26(17)14-10-8-7-9-11-14)24-13-25(16)21(30)32-23(4,5)6/h7-11,13,15,17H,12H2,1-6H3,(H,27,28)/t15-,17?/m0/s1. The first-order valence-electron chi connectivity index (χ1n) is 10.4. The Morgan fingerprint density at radius 1 is 1.00 bits per heavy atom. The highest BCUT2D eigenvalue weighted by atomic mass is 16.6. The molecule has 2 heterocycles. The predicted molar refractivity (Wildman–Crippen MR) is 117 cm³/mol. The molecule has 1 unspecified atom stereocenters. The molecule has 0 spiro atoms. The molecule has 0 saturated carbocycles. The third-order valence-electron chi connectivity index (χ3n) is 4.74. The Morgan fingerprint density at radius 3 is 2.12 bits per heavy atom. The molecule has 1 N–H and O–H groups in total. The van der Waals surface area contributed by atoms with Crippen LogP contribution in [0.15, 0.2) is 36.7 Å². The van der Waals surface area contributed by atoms with Gasteiger partial charge in [0.1, 0.15) is 23.6 Å². The van der Waals surface area contributed by atoms with Crippen LogP contribution >= 0.6 is 0 Å². The first-order valence-corrected chi connectivity index (χ1v) is 10.4. The number of esters is 1. The summed E-state index contributed by atoms with van der Waals surface area (Å²) in [6.45, 7) is 10.4. The third kappa shape index (κ3) is 4.92. The van der Waals surface area contributed by atoms with Gasteiger partial charge >= 0.3 is 18.0 Å². The number of fused-ring (bicyclic) bond motifs is 1. The smallest absolute Gasteiger partial charge is 0.420 e. The first-order chi connectivity index (χ1) is 14.8. The number of hydrogen-bond donors (Lipinski definition) is 1. The molecule has 1 aromatic heterocycles. The van der Waals surface area contributed by atoms with Crippen molar-refractivity contribution in [3.05, 3.63) is 42.4 Å². The third-order valence-corrected chi connectivity index (χ3v) is 4.74. The monoisotopic (exact) mass is 443 g/mol. The quantitative estimate of drug-likeness (QED) is 0.714. The molecule has 1 aromatic carbocycles. The molecule has 32 heavy (non-hydrogen) atoms. The van der Waals surface area contributed by atoms with E-state index in [1.807, 2.05) is 6.07 Å². The Kier molecular flexibility index (Phi) is 6.04. The van der Waals surface area contributed by atoms with Crippen molar-refractivity contribution < 1.29 is 29.0 Å². The molecule has 9 heteroatoms. The number of aliphatic carboxylic acids is 1. The lowest BCUT2D eigenvalue weighted by Crippen LogP contribution is -2.53. The van der Waals surface area contributed by atoms with Crippen LogP contribution in [-0.2, 0) is 25.5 Å². The van der Waals surface area contributed by atoms with Gasteiger partial charge in [0.25, 0.3) is 0 Å². The van der Waals surface area contributed by atoms with Gasteiger partial charge in [-0.05, 0) is 53.7 Å². The summed E-state index contributed by atoms with van der Waals surface area (Å²) >= 11 is 0. The van der Waals surface area contributed by atoms with Crippen molar-refractivity contribution in [1.29, 1.82) is 0 Å². The van der Waals surface area contributed by atoms with Gasteiger partial charge in [-0.25, -0.2) is 19.1 Å². The van der Waals surface area contributed by atoms with Crippen molar-refractivity contribution in [1.82, 2.24) is 9.55 Å². The van der Waals surface area contributed by atoms with E-state index in [4.69, 9.17) is 9.47 Å². The number of nitrogens with zero attached hydrogens (tertiary/aromatic N) is 3. The number of anilines is 2. The molecule has 0 aliphatic carbocycles. The van der Waals surface area contributed by atoms with Crippen LogP contribution in [0.4, 0.5) is 16.3 Å². The van der Waals surface area contributed by atoms with Gasteiger partial charge in [-0.15, -0.1) is 0 Å². The maximum atomic E-state index is 13.2. The number of rotatable bonds is 3. The van der Waals surface area contributed by atoms with Crippen LogP contribution in [0, 0.1) is 5.92 Å². The zero-order valence-electron chi connectivity index (χ0n) is 19.2. The number of ether oxygens (including phenoxy) is 2. The highest BCUT2D eigenvalue weighted by molar-refractivity contribution is 5.92. The second-order valence-corrected chi connectivity index (χ2v) is 9.70. The summed E-state index contributed by atoms with van der Waals surface area (Å²) in [5.74, 6) is -2.71. The zero-order chi connectivity index (χ0) is 23.8. The molecule has 3 rings (SSSR count). The van der Waals surface area contributed by atoms with E-state index < -0.39 is 41.2 Å². The van der Waals surface area contributed by atoms with E-state index in [0.717, 1.165) is 0 Å². The van der Waals surface area contributed by atoms with Gasteiger partial charge in [0.2, 0.25) is 0 Å². The molecule has 2 atom stereocenters. The lowest BCUT2D eigenvalue weighted by atomic mass is 9.88. The highest BCUT2D eigenvalue weighted by Gasteiger charge is 2.48. The molecule has 0 bridgehead atoms. The average Bonchev–Trinajstić information content (AvgIpc) is 3.08. The number of carbonyl (C=O) groups excluding carboxylic acids is 2. The summed E-state index contributed by atoms with van der Waals surface area (Å²) in [6, 6.07) is 7.69. The predicted octanol–water partition coefficient (Wildman–Crippen LogP) is 3.77. The normalized spacial score (nSPS) is 18.6. The van der Waals surface area contributed by atoms with Crippen molar-refractivity contribution in [3.63, 3.8) is 0 Å². The van der Waals surface area contributed by atoms with Gasteiger partial charge in [0, 0.05) is 12.1 Å². The Bertz CT molecular complexity index is 1020.